The molecule has 0 saturated carbocycles. The van der Waals surface area contributed by atoms with Crippen LogP contribution in [0.3, 0.4) is 0 Å². The first-order valence-corrected chi connectivity index (χ1v) is 9.98. The van der Waals surface area contributed by atoms with Crippen molar-refractivity contribution in [1.29, 1.82) is 0 Å². The lowest BCUT2D eigenvalue weighted by atomic mass is 10.1. The number of aliphatic hydroxyl groups is 1. The topological polar surface area (TPSA) is 242 Å². The van der Waals surface area contributed by atoms with Gasteiger partial charge in [0.15, 0.2) is 0 Å². The third-order valence-corrected chi connectivity index (χ3v) is 4.94. The van der Waals surface area contributed by atoms with E-state index in [9.17, 15) is 39.0 Å². The first-order chi connectivity index (χ1) is 15.0. The summed E-state index contributed by atoms with van der Waals surface area (Å²) in [6, 6.07) is -5.18. The monoisotopic (exact) mass is 459 g/mol. The van der Waals surface area contributed by atoms with Crippen LogP contribution in [0.5, 0.6) is 0 Å². The maximum Gasteiger partial charge on any atom is 0.326 e. The molecule has 4 atom stereocenters. The highest BCUT2D eigenvalue weighted by Gasteiger charge is 2.38. The number of amides is 4. The van der Waals surface area contributed by atoms with E-state index in [-0.39, 0.29) is 32.2 Å². The molecule has 0 aromatic carbocycles. The van der Waals surface area contributed by atoms with Gasteiger partial charge in [0, 0.05) is 19.4 Å². The second-order valence-electron chi connectivity index (χ2n) is 7.38. The van der Waals surface area contributed by atoms with Crippen molar-refractivity contribution in [3.05, 3.63) is 0 Å². The highest BCUT2D eigenvalue weighted by atomic mass is 16.4. The number of nitrogens with one attached hydrogen (secondary N) is 2. The first kappa shape index (κ1) is 26.8. The molecule has 14 nitrogen and oxygen atoms in total. The molecule has 1 aliphatic rings. The van der Waals surface area contributed by atoms with Gasteiger partial charge in [-0.25, -0.2) is 4.79 Å². The number of hydrogen-bond donors (Lipinski definition) is 7. The number of likely N-dealkylation sites (tertiary alicyclic amines) is 1. The van der Waals surface area contributed by atoms with Crippen LogP contribution in [0.15, 0.2) is 0 Å². The lowest BCUT2D eigenvalue weighted by molar-refractivity contribution is -0.150. The predicted molar refractivity (Wildman–Crippen MR) is 107 cm³/mol. The molecule has 1 aliphatic heterocycles. The molecule has 0 aliphatic carbocycles. The van der Waals surface area contributed by atoms with Gasteiger partial charge in [-0.3, -0.25) is 24.0 Å². The van der Waals surface area contributed by atoms with Gasteiger partial charge in [0.25, 0.3) is 0 Å². The largest absolute Gasteiger partial charge is 0.481 e. The Labute approximate surface area is 183 Å². The van der Waals surface area contributed by atoms with Gasteiger partial charge in [0.1, 0.15) is 18.1 Å². The quantitative estimate of drug-likeness (QED) is 0.143. The number of carboxylic acid groups (broad SMARTS) is 2. The minimum Gasteiger partial charge on any atom is -0.481 e. The Morgan fingerprint density at radius 1 is 0.969 bits per heavy atom. The number of aliphatic hydroxyl groups excluding tert-OH is 1. The number of primary amides is 1. The van der Waals surface area contributed by atoms with Crippen LogP contribution < -0.4 is 22.1 Å². The summed E-state index contributed by atoms with van der Waals surface area (Å²) in [5, 5.41) is 32.2. The van der Waals surface area contributed by atoms with Crippen molar-refractivity contribution in [1.82, 2.24) is 15.5 Å². The standard InChI is InChI=1S/C18H29N5O9/c19-9(3-5-13(20)25)15(28)21-10(4-6-14(26)27)16(29)22-11(8-24)17(30)23-7-1-2-12(23)18(31)32/h9-12,24H,1-8,19H2,(H2,20,25)(H,21,28)(H,22,29)(H,26,27)(H,31,32). The molecule has 1 heterocycles. The Balaban J connectivity index is 2.87. The molecule has 180 valence electrons. The SMILES string of the molecule is NC(=O)CCC(N)C(=O)NC(CCC(=O)O)C(=O)NC(CO)C(=O)N1CCCC1C(=O)O. The molecule has 0 aromatic heterocycles. The zero-order valence-corrected chi connectivity index (χ0v) is 17.4. The summed E-state index contributed by atoms with van der Waals surface area (Å²) in [4.78, 5) is 71.6. The molecule has 0 bridgehead atoms. The van der Waals surface area contributed by atoms with E-state index in [1.807, 2.05) is 0 Å². The fraction of sp³-hybridized carbons (Fsp3) is 0.667. The number of carbonyl (C=O) groups is 6. The number of aliphatic carboxylic acids is 2. The number of carboxylic acids is 2. The first-order valence-electron chi connectivity index (χ1n) is 9.98. The van der Waals surface area contributed by atoms with E-state index in [1.54, 1.807) is 0 Å². The van der Waals surface area contributed by atoms with Crippen LogP contribution in [-0.2, 0) is 28.8 Å². The summed E-state index contributed by atoms with van der Waals surface area (Å²) in [7, 11) is 0. The maximum atomic E-state index is 12.7. The van der Waals surface area contributed by atoms with Gasteiger partial charge in [-0.1, -0.05) is 0 Å². The van der Waals surface area contributed by atoms with Crippen LogP contribution >= 0.6 is 0 Å². The van der Waals surface area contributed by atoms with Crippen molar-refractivity contribution in [2.75, 3.05) is 13.2 Å². The number of nitrogens with zero attached hydrogens (tertiary/aromatic N) is 1. The molecule has 1 fully saturated rings. The third-order valence-electron chi connectivity index (χ3n) is 4.94. The summed E-state index contributed by atoms with van der Waals surface area (Å²) in [5.41, 5.74) is 10.6. The van der Waals surface area contributed by atoms with Gasteiger partial charge in [0.05, 0.1) is 12.6 Å². The number of rotatable bonds is 13. The van der Waals surface area contributed by atoms with Crippen molar-refractivity contribution in [2.45, 2.75) is 62.7 Å². The van der Waals surface area contributed by atoms with E-state index in [4.69, 9.17) is 16.6 Å². The minimum absolute atomic E-state index is 0.0995. The lowest BCUT2D eigenvalue weighted by Crippen LogP contribution is -2.58. The smallest absolute Gasteiger partial charge is 0.326 e. The molecular weight excluding hydrogens is 430 g/mol. The van der Waals surface area contributed by atoms with Gasteiger partial charge >= 0.3 is 11.9 Å². The van der Waals surface area contributed by atoms with Crippen molar-refractivity contribution in [3.63, 3.8) is 0 Å². The number of carbonyl (C=O) groups excluding carboxylic acids is 4. The molecule has 0 aromatic rings. The van der Waals surface area contributed by atoms with Crippen LogP contribution in [0.4, 0.5) is 0 Å². The molecular formula is C18H29N5O9. The Kier molecular flexibility index (Phi) is 10.5. The van der Waals surface area contributed by atoms with E-state index in [0.717, 1.165) is 4.90 Å². The highest BCUT2D eigenvalue weighted by molar-refractivity contribution is 5.94. The summed E-state index contributed by atoms with van der Waals surface area (Å²) in [5.74, 6) is -5.75. The van der Waals surface area contributed by atoms with Crippen molar-refractivity contribution < 1.29 is 44.1 Å². The lowest BCUT2D eigenvalue weighted by Gasteiger charge is -2.28. The normalized spacial score (nSPS) is 18.3. The van der Waals surface area contributed by atoms with Gasteiger partial charge in [-0.2, -0.15) is 0 Å². The fourth-order valence-corrected chi connectivity index (χ4v) is 3.19. The van der Waals surface area contributed by atoms with Crippen LogP contribution in [0.1, 0.15) is 38.5 Å². The second-order valence-corrected chi connectivity index (χ2v) is 7.38. The minimum atomic E-state index is -1.49. The molecule has 0 radical (unpaired) electrons. The van der Waals surface area contributed by atoms with Gasteiger partial charge < -0.3 is 42.3 Å². The Morgan fingerprint density at radius 3 is 2.12 bits per heavy atom. The summed E-state index contributed by atoms with van der Waals surface area (Å²) < 4.78 is 0. The van der Waals surface area contributed by atoms with E-state index >= 15 is 0 Å². The Hall–Kier alpha value is -3.26. The molecule has 1 rings (SSSR count). The molecule has 9 N–H and O–H groups in total. The van der Waals surface area contributed by atoms with Crippen LogP contribution in [0, 0.1) is 0 Å². The summed E-state index contributed by atoms with van der Waals surface area (Å²) >= 11 is 0. The molecule has 1 saturated heterocycles. The average molecular weight is 459 g/mol. The second kappa shape index (κ2) is 12.6. The van der Waals surface area contributed by atoms with E-state index < -0.39 is 72.8 Å². The molecule has 4 unspecified atom stereocenters. The predicted octanol–water partition coefficient (Wildman–Crippen LogP) is -3.52. The van der Waals surface area contributed by atoms with E-state index in [2.05, 4.69) is 10.6 Å². The maximum absolute atomic E-state index is 12.7. The molecule has 14 heteroatoms. The zero-order chi connectivity index (χ0) is 24.4. The fourth-order valence-electron chi connectivity index (χ4n) is 3.19. The number of hydrogen-bond acceptors (Lipinski definition) is 8. The van der Waals surface area contributed by atoms with Crippen molar-refractivity contribution in [2.24, 2.45) is 11.5 Å². The summed E-state index contributed by atoms with van der Waals surface area (Å²) in [6.45, 7) is -0.707. The molecule has 0 spiro atoms. The van der Waals surface area contributed by atoms with E-state index in [1.165, 1.54) is 0 Å². The van der Waals surface area contributed by atoms with Crippen LogP contribution in [0.2, 0.25) is 0 Å². The van der Waals surface area contributed by atoms with Crippen LogP contribution in [0.25, 0.3) is 0 Å². The summed E-state index contributed by atoms with van der Waals surface area (Å²) in [6.07, 6.45) is -0.452. The molecule has 32 heavy (non-hydrogen) atoms. The van der Waals surface area contributed by atoms with Crippen molar-refractivity contribution in [3.8, 4) is 0 Å². The number of nitrogens with two attached hydrogens (primary N) is 2. The highest BCUT2D eigenvalue weighted by Crippen LogP contribution is 2.18. The van der Waals surface area contributed by atoms with Gasteiger partial charge in [0.2, 0.25) is 23.6 Å². The van der Waals surface area contributed by atoms with Gasteiger partial charge in [-0.05, 0) is 25.7 Å². The van der Waals surface area contributed by atoms with E-state index in [0.29, 0.717) is 6.42 Å². The van der Waals surface area contributed by atoms with Crippen LogP contribution in [-0.4, -0.2) is 93.1 Å². The zero-order valence-electron chi connectivity index (χ0n) is 17.4. The Bertz CT molecular complexity index is 744. The van der Waals surface area contributed by atoms with Gasteiger partial charge in [-0.15, -0.1) is 0 Å². The third kappa shape index (κ3) is 8.11. The van der Waals surface area contributed by atoms with Crippen molar-refractivity contribution >= 4 is 35.6 Å². The molecule has 4 amide bonds. The Morgan fingerprint density at radius 2 is 1.59 bits per heavy atom. The average Bonchev–Trinajstić information content (AvgIpc) is 3.22.